The van der Waals surface area contributed by atoms with Crippen molar-refractivity contribution in [3.05, 3.63) is 35.2 Å². The molecule has 0 fully saturated rings. The molecule has 11 heteroatoms. The van der Waals surface area contributed by atoms with Gasteiger partial charge in [-0.1, -0.05) is 17.4 Å². The number of carbonyl (C=O) groups is 1. The maximum Gasteiger partial charge on any atom is 0.257 e. The van der Waals surface area contributed by atoms with Gasteiger partial charge in [-0.25, -0.2) is 0 Å². The van der Waals surface area contributed by atoms with E-state index in [2.05, 4.69) is 20.6 Å². The number of hydrogen-bond acceptors (Lipinski definition) is 9. The molecule has 0 bridgehead atoms. The van der Waals surface area contributed by atoms with Gasteiger partial charge in [0.05, 0.1) is 26.2 Å². The lowest BCUT2D eigenvalue weighted by Crippen LogP contribution is -2.12. The number of hydrogen-bond donors (Lipinski definition) is 1. The number of carbonyl (C=O) groups excluding carboxylic acids is 1. The second kappa shape index (κ2) is 7.44. The summed E-state index contributed by atoms with van der Waals surface area (Å²) in [5.74, 6) is 1.48. The molecule has 0 aliphatic carbocycles. The zero-order valence-electron chi connectivity index (χ0n) is 15.1. The van der Waals surface area contributed by atoms with Crippen molar-refractivity contribution in [1.29, 1.82) is 0 Å². The Morgan fingerprint density at radius 2 is 1.86 bits per heavy atom. The fourth-order valence-electron chi connectivity index (χ4n) is 2.61. The minimum atomic E-state index is -0.359. The van der Waals surface area contributed by atoms with Crippen LogP contribution < -0.4 is 19.5 Å². The molecular weight excluding hydrogens is 402 g/mol. The highest BCUT2D eigenvalue weighted by Gasteiger charge is 2.19. The molecule has 3 heterocycles. The molecule has 9 nitrogen and oxygen atoms in total. The minimum Gasteiger partial charge on any atom is -0.493 e. The number of benzene rings is 1. The zero-order chi connectivity index (χ0) is 19.7. The van der Waals surface area contributed by atoms with Gasteiger partial charge in [-0.2, -0.15) is 4.52 Å². The Kier molecular flexibility index (Phi) is 4.84. The van der Waals surface area contributed by atoms with Crippen molar-refractivity contribution in [2.24, 2.45) is 0 Å². The second-order valence-electron chi connectivity index (χ2n) is 5.47. The molecule has 0 radical (unpaired) electrons. The summed E-state index contributed by atoms with van der Waals surface area (Å²) in [7, 11) is 4.49. The van der Waals surface area contributed by atoms with Crippen LogP contribution in [0, 0.1) is 0 Å². The summed E-state index contributed by atoms with van der Waals surface area (Å²) in [6.45, 7) is 0. The number of amides is 1. The van der Waals surface area contributed by atoms with Gasteiger partial charge in [0.1, 0.15) is 0 Å². The van der Waals surface area contributed by atoms with E-state index < -0.39 is 0 Å². The number of nitrogens with one attached hydrogen (secondary N) is 1. The van der Waals surface area contributed by atoms with E-state index >= 15 is 0 Å². The van der Waals surface area contributed by atoms with E-state index in [0.717, 1.165) is 4.88 Å². The topological polar surface area (TPSA) is 99.9 Å². The molecule has 4 rings (SSSR count). The van der Waals surface area contributed by atoms with E-state index in [1.54, 1.807) is 28.0 Å². The predicted molar refractivity (Wildman–Crippen MR) is 106 cm³/mol. The Bertz CT molecular complexity index is 1110. The van der Waals surface area contributed by atoms with E-state index in [0.29, 0.717) is 38.7 Å². The summed E-state index contributed by atoms with van der Waals surface area (Å²) in [6, 6.07) is 7.03. The Morgan fingerprint density at radius 3 is 2.46 bits per heavy atom. The van der Waals surface area contributed by atoms with Crippen molar-refractivity contribution in [3.8, 4) is 28.0 Å². The molecule has 1 amide bonds. The third-order valence-electron chi connectivity index (χ3n) is 3.88. The Morgan fingerprint density at radius 1 is 1.11 bits per heavy atom. The molecule has 3 aromatic heterocycles. The lowest BCUT2D eigenvalue weighted by molar-refractivity contribution is 0.102. The summed E-state index contributed by atoms with van der Waals surface area (Å²) in [4.78, 5) is 14.3. The van der Waals surface area contributed by atoms with Gasteiger partial charge in [-0.15, -0.1) is 26.6 Å². The van der Waals surface area contributed by atoms with Crippen LogP contribution in [0.15, 0.2) is 29.6 Å². The largest absolute Gasteiger partial charge is 0.493 e. The fraction of sp³-hybridized carbons (Fsp3) is 0.176. The normalized spacial score (nSPS) is 10.8. The predicted octanol–water partition coefficient (Wildman–Crippen LogP) is 3.19. The molecular formula is C17H15N5O4S2. The summed E-state index contributed by atoms with van der Waals surface area (Å²) in [5.41, 5.74) is 0.346. The summed E-state index contributed by atoms with van der Waals surface area (Å²) in [6.07, 6.45) is 0. The average Bonchev–Trinajstić information content (AvgIpc) is 3.43. The highest BCUT2D eigenvalue weighted by molar-refractivity contribution is 7.20. The fourth-order valence-corrected chi connectivity index (χ4v) is 4.04. The number of anilines is 1. The van der Waals surface area contributed by atoms with Crippen LogP contribution in [0.25, 0.3) is 15.7 Å². The van der Waals surface area contributed by atoms with E-state index in [4.69, 9.17) is 14.2 Å². The van der Waals surface area contributed by atoms with E-state index in [9.17, 15) is 4.79 Å². The average molecular weight is 417 g/mol. The second-order valence-corrected chi connectivity index (χ2v) is 7.37. The molecule has 0 saturated heterocycles. The third-order valence-corrected chi connectivity index (χ3v) is 5.56. The lowest BCUT2D eigenvalue weighted by Gasteiger charge is -2.13. The van der Waals surface area contributed by atoms with E-state index in [-0.39, 0.29) is 5.91 Å². The summed E-state index contributed by atoms with van der Waals surface area (Å²) >= 11 is 2.77. The van der Waals surface area contributed by atoms with Crippen LogP contribution in [-0.4, -0.2) is 47.0 Å². The van der Waals surface area contributed by atoms with Crippen molar-refractivity contribution < 1.29 is 19.0 Å². The van der Waals surface area contributed by atoms with Gasteiger partial charge in [-0.3, -0.25) is 10.1 Å². The van der Waals surface area contributed by atoms with Crippen molar-refractivity contribution in [1.82, 2.24) is 19.8 Å². The Hall–Kier alpha value is -3.18. The summed E-state index contributed by atoms with van der Waals surface area (Å²) < 4.78 is 17.5. The lowest BCUT2D eigenvalue weighted by atomic mass is 10.1. The highest BCUT2D eigenvalue weighted by atomic mass is 32.1. The van der Waals surface area contributed by atoms with Crippen molar-refractivity contribution in [3.63, 3.8) is 0 Å². The maximum absolute atomic E-state index is 12.7. The highest BCUT2D eigenvalue weighted by Crippen LogP contribution is 2.38. The molecule has 0 aliphatic heterocycles. The van der Waals surface area contributed by atoms with Crippen LogP contribution >= 0.6 is 22.7 Å². The van der Waals surface area contributed by atoms with Gasteiger partial charge in [0.25, 0.3) is 5.91 Å². The van der Waals surface area contributed by atoms with Crippen molar-refractivity contribution in [2.75, 3.05) is 26.6 Å². The number of methoxy groups -OCH3 is 3. The molecule has 0 atom stereocenters. The number of ether oxygens (including phenoxy) is 3. The first-order valence-electron chi connectivity index (χ1n) is 8.02. The van der Waals surface area contributed by atoms with Crippen molar-refractivity contribution in [2.45, 2.75) is 0 Å². The maximum atomic E-state index is 12.7. The van der Waals surface area contributed by atoms with Gasteiger partial charge >= 0.3 is 0 Å². The summed E-state index contributed by atoms with van der Waals surface area (Å²) in [5, 5.41) is 17.8. The monoisotopic (exact) mass is 417 g/mol. The Labute approximate surface area is 167 Å². The third kappa shape index (κ3) is 3.14. The van der Waals surface area contributed by atoms with E-state index in [1.165, 1.54) is 32.7 Å². The molecule has 1 N–H and O–H groups in total. The van der Waals surface area contributed by atoms with E-state index in [1.807, 2.05) is 17.5 Å². The molecule has 144 valence electrons. The number of aromatic nitrogens is 4. The quantitative estimate of drug-likeness (QED) is 0.514. The molecule has 4 aromatic rings. The minimum absolute atomic E-state index is 0.346. The Balaban J connectivity index is 1.64. The van der Waals surface area contributed by atoms with Crippen LogP contribution in [0.5, 0.6) is 17.2 Å². The van der Waals surface area contributed by atoms with Crippen LogP contribution in [0.3, 0.4) is 0 Å². The van der Waals surface area contributed by atoms with Gasteiger partial charge in [0.15, 0.2) is 17.3 Å². The molecule has 28 heavy (non-hydrogen) atoms. The smallest absolute Gasteiger partial charge is 0.257 e. The van der Waals surface area contributed by atoms with Gasteiger partial charge in [0.2, 0.25) is 15.8 Å². The van der Waals surface area contributed by atoms with Crippen LogP contribution in [0.4, 0.5) is 5.13 Å². The first kappa shape index (κ1) is 18.2. The number of thiophene rings is 1. The standard InChI is InChI=1S/C17H15N5O4S2/c1-24-10-7-9(8-11(25-2)13(10)26-3)15(23)18-16-21-22-14(12-5-4-6-27-12)19-20-17(22)28-16/h4-8H,1-3H3,(H,18,21,23). The van der Waals surface area contributed by atoms with Crippen LogP contribution in [0.1, 0.15) is 10.4 Å². The SMILES string of the molecule is COc1cc(C(=O)Nc2nn3c(-c4cccs4)nnc3s2)cc(OC)c1OC. The molecule has 0 spiro atoms. The van der Waals surface area contributed by atoms with Crippen LogP contribution in [0.2, 0.25) is 0 Å². The number of nitrogens with zero attached hydrogens (tertiary/aromatic N) is 4. The van der Waals surface area contributed by atoms with Gasteiger partial charge in [0, 0.05) is 5.56 Å². The zero-order valence-corrected chi connectivity index (χ0v) is 16.8. The van der Waals surface area contributed by atoms with Gasteiger partial charge < -0.3 is 14.2 Å². The van der Waals surface area contributed by atoms with Crippen LogP contribution in [-0.2, 0) is 0 Å². The first-order valence-corrected chi connectivity index (χ1v) is 9.71. The molecule has 0 aliphatic rings. The number of fused-ring (bicyclic) bond motifs is 1. The molecule has 0 saturated carbocycles. The first-order chi connectivity index (χ1) is 13.6. The molecule has 1 aromatic carbocycles. The molecule has 0 unspecified atom stereocenters. The number of rotatable bonds is 6. The van der Waals surface area contributed by atoms with Crippen molar-refractivity contribution >= 4 is 38.7 Å². The van der Waals surface area contributed by atoms with Gasteiger partial charge in [-0.05, 0) is 23.6 Å².